The Balaban J connectivity index is 3.16. The summed E-state index contributed by atoms with van der Waals surface area (Å²) in [5.74, 6) is -1.07. The fraction of sp³-hybridized carbons (Fsp3) is 0.429. The molecule has 1 aromatic carbocycles. The second-order valence-corrected chi connectivity index (χ2v) is 6.30. The van der Waals surface area contributed by atoms with Crippen molar-refractivity contribution in [2.24, 2.45) is 5.41 Å². The van der Waals surface area contributed by atoms with Crippen molar-refractivity contribution in [3.63, 3.8) is 0 Å². The second kappa shape index (κ2) is 6.26. The van der Waals surface area contributed by atoms with E-state index in [0.29, 0.717) is 11.3 Å². The number of aliphatic carboxylic acids is 1. The number of hydrogen-bond acceptors (Lipinski definition) is 3. The van der Waals surface area contributed by atoms with Gasteiger partial charge in [0.05, 0.1) is 7.11 Å². The lowest BCUT2D eigenvalue weighted by Crippen LogP contribution is -2.40. The van der Waals surface area contributed by atoms with E-state index in [9.17, 15) is 14.7 Å². The van der Waals surface area contributed by atoms with E-state index < -0.39 is 17.4 Å². The van der Waals surface area contributed by atoms with E-state index in [1.54, 1.807) is 39.0 Å². The average Bonchev–Trinajstić information content (AvgIpc) is 2.34. The van der Waals surface area contributed by atoms with Crippen LogP contribution in [-0.2, 0) is 9.59 Å². The zero-order valence-corrected chi connectivity index (χ0v) is 13.4. The van der Waals surface area contributed by atoms with Gasteiger partial charge in [-0.1, -0.05) is 42.8 Å². The standard InChI is InChI=1S/C14H18BrNO4/c1-14(2,3)13(19)16-11(12(17)18)9-6-5-8(15)7-10(9)20-4/h5-7,11H,1-4H3,(H,16,19)(H,17,18). The molecule has 0 aliphatic heterocycles. The molecule has 0 aliphatic carbocycles. The third-order valence-electron chi connectivity index (χ3n) is 2.71. The van der Waals surface area contributed by atoms with Gasteiger partial charge in [0, 0.05) is 15.5 Å². The van der Waals surface area contributed by atoms with Gasteiger partial charge in [-0.05, 0) is 12.1 Å². The molecule has 2 N–H and O–H groups in total. The van der Waals surface area contributed by atoms with Crippen LogP contribution in [0.5, 0.6) is 5.75 Å². The van der Waals surface area contributed by atoms with E-state index in [1.807, 2.05) is 0 Å². The molecule has 1 atom stereocenters. The molecule has 0 saturated carbocycles. The Labute approximate surface area is 126 Å². The number of nitrogens with one attached hydrogen (secondary N) is 1. The van der Waals surface area contributed by atoms with E-state index in [0.717, 1.165) is 4.47 Å². The maximum Gasteiger partial charge on any atom is 0.331 e. The quantitative estimate of drug-likeness (QED) is 0.881. The van der Waals surface area contributed by atoms with Crippen LogP contribution in [0.25, 0.3) is 0 Å². The third kappa shape index (κ3) is 3.96. The molecule has 0 aliphatic rings. The predicted molar refractivity (Wildman–Crippen MR) is 78.7 cm³/mol. The molecule has 0 radical (unpaired) electrons. The SMILES string of the molecule is COc1cc(Br)ccc1C(NC(=O)C(C)(C)C)C(=O)O. The van der Waals surface area contributed by atoms with E-state index in [1.165, 1.54) is 7.11 Å². The summed E-state index contributed by atoms with van der Waals surface area (Å²) in [6.07, 6.45) is 0. The number of hydrogen-bond donors (Lipinski definition) is 2. The van der Waals surface area contributed by atoms with Gasteiger partial charge >= 0.3 is 5.97 Å². The highest BCUT2D eigenvalue weighted by atomic mass is 79.9. The zero-order chi connectivity index (χ0) is 15.5. The first-order chi connectivity index (χ1) is 9.16. The molecule has 0 bridgehead atoms. The number of carbonyl (C=O) groups excluding carboxylic acids is 1. The van der Waals surface area contributed by atoms with E-state index >= 15 is 0 Å². The predicted octanol–water partition coefficient (Wildman–Crippen LogP) is 2.75. The van der Waals surface area contributed by atoms with Crippen molar-refractivity contribution in [3.05, 3.63) is 28.2 Å². The Hall–Kier alpha value is -1.56. The molecule has 0 spiro atoms. The molecule has 1 amide bonds. The molecule has 0 aromatic heterocycles. The third-order valence-corrected chi connectivity index (χ3v) is 3.20. The van der Waals surface area contributed by atoms with E-state index in [4.69, 9.17) is 4.74 Å². The second-order valence-electron chi connectivity index (χ2n) is 5.38. The van der Waals surface area contributed by atoms with Gasteiger partial charge in [-0.2, -0.15) is 0 Å². The van der Waals surface area contributed by atoms with Crippen molar-refractivity contribution in [3.8, 4) is 5.75 Å². The lowest BCUT2D eigenvalue weighted by molar-refractivity contribution is -0.143. The van der Waals surface area contributed by atoms with Gasteiger partial charge in [-0.3, -0.25) is 4.79 Å². The Morgan fingerprint density at radius 2 is 1.95 bits per heavy atom. The van der Waals surface area contributed by atoms with Gasteiger partial charge in [-0.15, -0.1) is 0 Å². The smallest absolute Gasteiger partial charge is 0.331 e. The number of methoxy groups -OCH3 is 1. The lowest BCUT2D eigenvalue weighted by Gasteiger charge is -2.23. The molecule has 110 valence electrons. The molecule has 1 aromatic rings. The molecule has 0 saturated heterocycles. The summed E-state index contributed by atoms with van der Waals surface area (Å²) >= 11 is 3.29. The minimum atomic E-state index is -1.15. The van der Waals surface area contributed by atoms with Crippen molar-refractivity contribution in [2.45, 2.75) is 26.8 Å². The van der Waals surface area contributed by atoms with Crippen LogP contribution in [0.3, 0.4) is 0 Å². The summed E-state index contributed by atoms with van der Waals surface area (Å²) < 4.78 is 5.95. The molecule has 6 heteroatoms. The highest BCUT2D eigenvalue weighted by Crippen LogP contribution is 2.29. The Kier molecular flexibility index (Phi) is 5.16. The number of carboxylic acid groups (broad SMARTS) is 1. The molecule has 20 heavy (non-hydrogen) atoms. The number of carboxylic acids is 1. The normalized spacial score (nSPS) is 12.7. The summed E-state index contributed by atoms with van der Waals surface area (Å²) in [6.45, 7) is 5.17. The summed E-state index contributed by atoms with van der Waals surface area (Å²) in [7, 11) is 1.45. The summed E-state index contributed by atoms with van der Waals surface area (Å²) in [4.78, 5) is 23.4. The number of benzene rings is 1. The van der Waals surface area contributed by atoms with Crippen LogP contribution in [0.2, 0.25) is 0 Å². The van der Waals surface area contributed by atoms with Gasteiger partial charge in [0.2, 0.25) is 5.91 Å². The number of halogens is 1. The van der Waals surface area contributed by atoms with Crippen LogP contribution in [0, 0.1) is 5.41 Å². The van der Waals surface area contributed by atoms with Crippen molar-refractivity contribution in [1.29, 1.82) is 0 Å². The highest BCUT2D eigenvalue weighted by molar-refractivity contribution is 9.10. The number of amides is 1. The monoisotopic (exact) mass is 343 g/mol. The van der Waals surface area contributed by atoms with Gasteiger partial charge in [0.25, 0.3) is 0 Å². The van der Waals surface area contributed by atoms with Gasteiger partial charge in [0.1, 0.15) is 5.75 Å². The molecule has 0 fully saturated rings. The molecular weight excluding hydrogens is 326 g/mol. The average molecular weight is 344 g/mol. The Bertz CT molecular complexity index is 522. The highest BCUT2D eigenvalue weighted by Gasteiger charge is 2.30. The van der Waals surface area contributed by atoms with Gasteiger partial charge < -0.3 is 15.2 Å². The largest absolute Gasteiger partial charge is 0.496 e. The van der Waals surface area contributed by atoms with E-state index in [2.05, 4.69) is 21.2 Å². The first-order valence-electron chi connectivity index (χ1n) is 6.04. The number of ether oxygens (including phenoxy) is 1. The molecule has 0 heterocycles. The molecule has 1 rings (SSSR count). The molecular formula is C14H18BrNO4. The topological polar surface area (TPSA) is 75.6 Å². The fourth-order valence-electron chi connectivity index (χ4n) is 1.54. The number of rotatable bonds is 4. The zero-order valence-electron chi connectivity index (χ0n) is 11.9. The molecule has 5 nitrogen and oxygen atoms in total. The van der Waals surface area contributed by atoms with Crippen LogP contribution >= 0.6 is 15.9 Å². The van der Waals surface area contributed by atoms with Gasteiger partial charge in [-0.25, -0.2) is 4.79 Å². The maximum absolute atomic E-state index is 12.0. The summed E-state index contributed by atoms with van der Waals surface area (Å²) in [6, 6.07) is 3.83. The minimum Gasteiger partial charge on any atom is -0.496 e. The first kappa shape index (κ1) is 16.5. The van der Waals surface area contributed by atoms with Crippen molar-refractivity contribution < 1.29 is 19.4 Å². The Morgan fingerprint density at radius 3 is 2.40 bits per heavy atom. The van der Waals surface area contributed by atoms with Crippen LogP contribution in [0.1, 0.15) is 32.4 Å². The summed E-state index contributed by atoms with van der Waals surface area (Å²) in [5.41, 5.74) is -0.267. The van der Waals surface area contributed by atoms with Gasteiger partial charge in [0.15, 0.2) is 6.04 Å². The van der Waals surface area contributed by atoms with Crippen LogP contribution in [0.15, 0.2) is 22.7 Å². The van der Waals surface area contributed by atoms with Crippen molar-refractivity contribution >= 4 is 27.8 Å². The maximum atomic E-state index is 12.0. The fourth-order valence-corrected chi connectivity index (χ4v) is 1.88. The van der Waals surface area contributed by atoms with Crippen molar-refractivity contribution in [1.82, 2.24) is 5.32 Å². The molecule has 1 unspecified atom stereocenters. The Morgan fingerprint density at radius 1 is 1.35 bits per heavy atom. The van der Waals surface area contributed by atoms with Crippen LogP contribution < -0.4 is 10.1 Å². The summed E-state index contributed by atoms with van der Waals surface area (Å²) in [5, 5.41) is 11.9. The number of carbonyl (C=O) groups is 2. The van der Waals surface area contributed by atoms with Crippen LogP contribution in [-0.4, -0.2) is 24.1 Å². The van der Waals surface area contributed by atoms with Crippen molar-refractivity contribution in [2.75, 3.05) is 7.11 Å². The minimum absolute atomic E-state index is 0.338. The lowest BCUT2D eigenvalue weighted by atomic mass is 9.94. The van der Waals surface area contributed by atoms with Crippen LogP contribution in [0.4, 0.5) is 0 Å². The first-order valence-corrected chi connectivity index (χ1v) is 6.83. The van der Waals surface area contributed by atoms with E-state index in [-0.39, 0.29) is 5.91 Å².